The molecule has 0 saturated heterocycles. The van der Waals surface area contributed by atoms with E-state index in [1.54, 1.807) is 0 Å². The van der Waals surface area contributed by atoms with Crippen LogP contribution in [0.4, 0.5) is 13.2 Å². The Morgan fingerprint density at radius 3 is 2.15 bits per heavy atom. The van der Waals surface area contributed by atoms with Crippen LogP contribution >= 0.6 is 23.2 Å². The van der Waals surface area contributed by atoms with Crippen LogP contribution in [0.1, 0.15) is 91.7 Å². The first-order chi connectivity index (χ1) is 19.1. The lowest BCUT2D eigenvalue weighted by Crippen LogP contribution is -2.53. The van der Waals surface area contributed by atoms with E-state index in [4.69, 9.17) is 27.9 Å². The summed E-state index contributed by atoms with van der Waals surface area (Å²) >= 11 is 12.3. The number of Topliss-reactive ketones (excluding diaryl/α,β-unsaturated/α-hetero) is 1. The molecule has 0 radical (unpaired) electrons. The maximum absolute atomic E-state index is 14.4. The molecule has 2 aliphatic rings. The smallest absolute Gasteiger partial charge is 0.433 e. The summed E-state index contributed by atoms with van der Waals surface area (Å²) in [5.74, 6) is -3.27. The van der Waals surface area contributed by atoms with E-state index in [-0.39, 0.29) is 47.4 Å². The van der Waals surface area contributed by atoms with Gasteiger partial charge in [-0.05, 0) is 59.3 Å². The van der Waals surface area contributed by atoms with Gasteiger partial charge in [0.2, 0.25) is 0 Å². The maximum Gasteiger partial charge on any atom is 0.433 e. The number of pyridine rings is 1. The lowest BCUT2D eigenvalue weighted by atomic mass is 9.86. The summed E-state index contributed by atoms with van der Waals surface area (Å²) in [5.41, 5.74) is -2.45. The van der Waals surface area contributed by atoms with Gasteiger partial charge in [0.1, 0.15) is 0 Å². The third kappa shape index (κ3) is 7.03. The second-order valence-electron chi connectivity index (χ2n) is 11.5. The number of halogens is 5. The SMILES string of the molecule is CC(C)(C)O[C@H]1C[C@H](N(CC(=O)c2c(Cl)cncc2Cl)C(=O)c2cnn(C3CCC(C(=O)O)CC3)c2C(F)(F)F)C1. The number of aliphatic carboxylic acids is 1. The first-order valence-electron chi connectivity index (χ1n) is 13.2. The molecule has 0 spiro atoms. The Balaban J connectivity index is 1.66. The zero-order chi connectivity index (χ0) is 30.3. The van der Waals surface area contributed by atoms with E-state index in [0.717, 1.165) is 15.8 Å². The number of carboxylic acid groups (broad SMARTS) is 1. The van der Waals surface area contributed by atoms with Crippen molar-refractivity contribution in [2.24, 2.45) is 5.92 Å². The van der Waals surface area contributed by atoms with Gasteiger partial charge in [0.05, 0.1) is 57.6 Å². The standard InChI is InChI=1S/C27H31Cl2F3N4O5/c1-26(2,3)41-17-8-16(9-17)35(13-21(37)22-19(28)11-33-12-20(22)29)24(38)18-10-34-36(23(18)27(30,31)32)15-6-4-14(5-7-15)25(39)40/h10-12,14-17H,4-9,13H2,1-3H3,(H,39,40)/t14?,15?,16-,17-. The molecule has 2 fully saturated rings. The van der Waals surface area contributed by atoms with Gasteiger partial charge < -0.3 is 14.7 Å². The molecule has 41 heavy (non-hydrogen) atoms. The summed E-state index contributed by atoms with van der Waals surface area (Å²) in [4.78, 5) is 43.4. The topological polar surface area (TPSA) is 115 Å². The molecule has 0 bridgehead atoms. The number of ketones is 1. The second-order valence-corrected chi connectivity index (χ2v) is 12.3. The molecule has 2 aromatic heterocycles. The van der Waals surface area contributed by atoms with E-state index in [1.807, 2.05) is 20.8 Å². The van der Waals surface area contributed by atoms with Crippen LogP contribution in [0.15, 0.2) is 18.6 Å². The lowest BCUT2D eigenvalue weighted by Gasteiger charge is -2.44. The highest BCUT2D eigenvalue weighted by Gasteiger charge is 2.46. The molecule has 0 aromatic carbocycles. The zero-order valence-electron chi connectivity index (χ0n) is 22.8. The van der Waals surface area contributed by atoms with E-state index >= 15 is 0 Å². The Morgan fingerprint density at radius 1 is 1.05 bits per heavy atom. The molecule has 2 heterocycles. The molecule has 14 heteroatoms. The van der Waals surface area contributed by atoms with Crippen LogP contribution in [0.3, 0.4) is 0 Å². The minimum atomic E-state index is -4.93. The van der Waals surface area contributed by atoms with Crippen LogP contribution in [0, 0.1) is 5.92 Å². The quantitative estimate of drug-likeness (QED) is 0.356. The number of carboxylic acids is 1. The molecule has 2 aliphatic carbocycles. The van der Waals surface area contributed by atoms with Crippen molar-refractivity contribution in [2.45, 2.75) is 89.3 Å². The van der Waals surface area contributed by atoms with Gasteiger partial charge in [-0.2, -0.15) is 18.3 Å². The number of rotatable bonds is 8. The Morgan fingerprint density at radius 2 is 1.63 bits per heavy atom. The number of alkyl halides is 3. The molecule has 0 unspecified atom stereocenters. The van der Waals surface area contributed by atoms with E-state index in [2.05, 4.69) is 10.1 Å². The van der Waals surface area contributed by atoms with Crippen molar-refractivity contribution in [3.63, 3.8) is 0 Å². The average Bonchev–Trinajstić information content (AvgIpc) is 3.30. The number of aromatic nitrogens is 3. The van der Waals surface area contributed by atoms with Gasteiger partial charge in [-0.1, -0.05) is 23.2 Å². The van der Waals surface area contributed by atoms with Gasteiger partial charge in [0.15, 0.2) is 11.5 Å². The maximum atomic E-state index is 14.4. The molecular formula is C27H31Cl2F3N4O5. The number of carbonyl (C=O) groups excluding carboxylic acids is 2. The van der Waals surface area contributed by atoms with Crippen molar-refractivity contribution in [2.75, 3.05) is 6.54 Å². The molecular weight excluding hydrogens is 588 g/mol. The van der Waals surface area contributed by atoms with Gasteiger partial charge in [-0.15, -0.1) is 0 Å². The average molecular weight is 619 g/mol. The summed E-state index contributed by atoms with van der Waals surface area (Å²) in [6.07, 6.45) is -0.481. The Bertz CT molecular complexity index is 1290. The highest BCUT2D eigenvalue weighted by atomic mass is 35.5. The molecule has 0 aliphatic heterocycles. The second kappa shape index (κ2) is 11.9. The van der Waals surface area contributed by atoms with E-state index < -0.39 is 65.2 Å². The fraction of sp³-hybridized carbons (Fsp3) is 0.593. The summed E-state index contributed by atoms with van der Waals surface area (Å²) < 4.78 is 50.1. The molecule has 9 nitrogen and oxygen atoms in total. The van der Waals surface area contributed by atoms with Crippen molar-refractivity contribution in [1.82, 2.24) is 19.7 Å². The van der Waals surface area contributed by atoms with Crippen LogP contribution in [0.5, 0.6) is 0 Å². The number of hydrogen-bond acceptors (Lipinski definition) is 6. The van der Waals surface area contributed by atoms with Crippen LogP contribution in [0.25, 0.3) is 0 Å². The third-order valence-electron chi connectivity index (χ3n) is 7.42. The van der Waals surface area contributed by atoms with Crippen molar-refractivity contribution in [3.8, 4) is 0 Å². The van der Waals surface area contributed by atoms with Gasteiger partial charge in [-0.3, -0.25) is 24.0 Å². The van der Waals surface area contributed by atoms with Gasteiger partial charge in [0.25, 0.3) is 5.91 Å². The molecule has 0 atom stereocenters. The molecule has 1 N–H and O–H groups in total. The minimum Gasteiger partial charge on any atom is -0.481 e. The summed E-state index contributed by atoms with van der Waals surface area (Å²) in [6, 6.07) is -1.30. The fourth-order valence-corrected chi connectivity index (χ4v) is 6.04. The van der Waals surface area contributed by atoms with Crippen LogP contribution in [-0.4, -0.2) is 66.7 Å². The normalized spacial score (nSPS) is 23.1. The Kier molecular flexibility index (Phi) is 9.06. The van der Waals surface area contributed by atoms with E-state index in [0.29, 0.717) is 12.8 Å². The number of nitrogens with zero attached hydrogens (tertiary/aromatic N) is 4. The number of ether oxygens (including phenoxy) is 1. The number of hydrogen-bond donors (Lipinski definition) is 1. The fourth-order valence-electron chi connectivity index (χ4n) is 5.47. The summed E-state index contributed by atoms with van der Waals surface area (Å²) in [5, 5.41) is 13.1. The van der Waals surface area contributed by atoms with Gasteiger partial charge in [-0.25, -0.2) is 0 Å². The van der Waals surface area contributed by atoms with E-state index in [9.17, 15) is 32.7 Å². The predicted octanol–water partition coefficient (Wildman–Crippen LogP) is 6.09. The highest BCUT2D eigenvalue weighted by Crippen LogP contribution is 2.40. The summed E-state index contributed by atoms with van der Waals surface area (Å²) in [6.45, 7) is 5.04. The van der Waals surface area contributed by atoms with Gasteiger partial charge in [0, 0.05) is 18.4 Å². The summed E-state index contributed by atoms with van der Waals surface area (Å²) in [7, 11) is 0. The molecule has 224 valence electrons. The minimum absolute atomic E-state index is 0.0433. The highest BCUT2D eigenvalue weighted by molar-refractivity contribution is 6.39. The lowest BCUT2D eigenvalue weighted by molar-refractivity contribution is -0.147. The molecule has 1 amide bonds. The Labute approximate surface area is 244 Å². The van der Waals surface area contributed by atoms with Crippen molar-refractivity contribution in [3.05, 3.63) is 45.5 Å². The third-order valence-corrected chi connectivity index (χ3v) is 8.00. The van der Waals surface area contributed by atoms with Gasteiger partial charge >= 0.3 is 12.1 Å². The number of carbonyl (C=O) groups is 3. The largest absolute Gasteiger partial charge is 0.481 e. The monoisotopic (exact) mass is 618 g/mol. The van der Waals surface area contributed by atoms with Crippen molar-refractivity contribution < 1.29 is 37.4 Å². The predicted molar refractivity (Wildman–Crippen MR) is 143 cm³/mol. The first-order valence-corrected chi connectivity index (χ1v) is 14.0. The molecule has 2 saturated carbocycles. The van der Waals surface area contributed by atoms with Crippen molar-refractivity contribution >= 4 is 40.9 Å². The van der Waals surface area contributed by atoms with Crippen molar-refractivity contribution in [1.29, 1.82) is 0 Å². The van der Waals surface area contributed by atoms with E-state index in [1.165, 1.54) is 12.4 Å². The molecule has 2 aromatic rings. The number of amides is 1. The van der Waals surface area contributed by atoms with Crippen LogP contribution in [-0.2, 0) is 15.7 Å². The first kappa shape index (κ1) is 31.2. The zero-order valence-corrected chi connectivity index (χ0v) is 24.3. The molecule has 4 rings (SSSR count). The van der Waals surface area contributed by atoms with Crippen LogP contribution in [0.2, 0.25) is 10.0 Å². The Hall–Kier alpha value is -2.70. The van der Waals surface area contributed by atoms with Crippen LogP contribution < -0.4 is 0 Å².